The van der Waals surface area contributed by atoms with Gasteiger partial charge in [0.1, 0.15) is 0 Å². The summed E-state index contributed by atoms with van der Waals surface area (Å²) in [7, 11) is 0. The quantitative estimate of drug-likeness (QED) is 0.525. The Labute approximate surface area is 199 Å². The van der Waals surface area contributed by atoms with Crippen molar-refractivity contribution in [3.05, 3.63) is 98.6 Å². The zero-order chi connectivity index (χ0) is 24.0. The van der Waals surface area contributed by atoms with Gasteiger partial charge in [-0.25, -0.2) is 4.79 Å². The highest BCUT2D eigenvalue weighted by atomic mass is 16.2. The maximum absolute atomic E-state index is 13.0. The van der Waals surface area contributed by atoms with E-state index < -0.39 is 5.41 Å². The van der Waals surface area contributed by atoms with Crippen LogP contribution in [0.2, 0.25) is 0 Å². The second kappa shape index (κ2) is 10.6. The molecule has 34 heavy (non-hydrogen) atoms. The molecule has 3 aromatic rings. The number of hydrogen-bond donors (Lipinski definition) is 1. The van der Waals surface area contributed by atoms with Crippen molar-refractivity contribution in [3.63, 3.8) is 0 Å². The monoisotopic (exact) mass is 457 g/mol. The number of pyridine rings is 1. The lowest BCUT2D eigenvalue weighted by Crippen LogP contribution is -2.42. The summed E-state index contributed by atoms with van der Waals surface area (Å²) in [6.45, 7) is 3.29. The molecule has 1 aliphatic carbocycles. The van der Waals surface area contributed by atoms with Gasteiger partial charge in [-0.05, 0) is 63.3 Å². The van der Waals surface area contributed by atoms with Crippen molar-refractivity contribution in [3.8, 4) is 6.07 Å². The molecule has 0 atom stereocenters. The number of nitriles is 1. The molecule has 1 aliphatic rings. The SMILES string of the molecule is Cc1cn(Cc2ccccc2)c(=O)n(CCCNC2CCC(C#N)(c3ccccn3)CC2)c1=O. The van der Waals surface area contributed by atoms with Crippen LogP contribution in [0.25, 0.3) is 0 Å². The van der Waals surface area contributed by atoms with Gasteiger partial charge in [0.25, 0.3) is 5.56 Å². The lowest BCUT2D eigenvalue weighted by molar-refractivity contribution is 0.289. The average molecular weight is 458 g/mol. The lowest BCUT2D eigenvalue weighted by atomic mass is 9.71. The molecule has 7 heteroatoms. The molecule has 7 nitrogen and oxygen atoms in total. The van der Waals surface area contributed by atoms with Crippen LogP contribution in [0.15, 0.2) is 70.5 Å². The van der Waals surface area contributed by atoms with E-state index >= 15 is 0 Å². The predicted octanol–water partition coefficient (Wildman–Crippen LogP) is 3.15. The largest absolute Gasteiger partial charge is 0.331 e. The normalized spacial score (nSPS) is 20.1. The number of nitrogens with one attached hydrogen (secondary N) is 1. The maximum atomic E-state index is 13.0. The van der Waals surface area contributed by atoms with Gasteiger partial charge in [0.2, 0.25) is 0 Å². The summed E-state index contributed by atoms with van der Waals surface area (Å²) >= 11 is 0. The highest BCUT2D eigenvalue weighted by molar-refractivity contribution is 5.27. The van der Waals surface area contributed by atoms with E-state index in [1.807, 2.05) is 48.5 Å². The van der Waals surface area contributed by atoms with E-state index in [0.717, 1.165) is 36.9 Å². The Hall–Kier alpha value is -3.50. The van der Waals surface area contributed by atoms with Crippen LogP contribution in [-0.2, 0) is 18.5 Å². The molecule has 2 aromatic heterocycles. The molecule has 0 spiro atoms. The van der Waals surface area contributed by atoms with Gasteiger partial charge in [0.05, 0.1) is 23.7 Å². The fourth-order valence-electron chi connectivity index (χ4n) is 4.82. The van der Waals surface area contributed by atoms with Crippen LogP contribution in [0.4, 0.5) is 0 Å². The van der Waals surface area contributed by atoms with Crippen molar-refractivity contribution in [1.29, 1.82) is 5.26 Å². The second-order valence-corrected chi connectivity index (χ2v) is 9.16. The van der Waals surface area contributed by atoms with E-state index in [1.54, 1.807) is 23.9 Å². The molecule has 0 radical (unpaired) electrons. The maximum Gasteiger partial charge on any atom is 0.331 e. The van der Waals surface area contributed by atoms with Gasteiger partial charge in [-0.3, -0.25) is 18.9 Å². The summed E-state index contributed by atoms with van der Waals surface area (Å²) in [5, 5.41) is 13.4. The average Bonchev–Trinajstić information content (AvgIpc) is 2.88. The summed E-state index contributed by atoms with van der Waals surface area (Å²) in [5.41, 5.74) is 1.46. The molecule has 1 N–H and O–H groups in total. The van der Waals surface area contributed by atoms with Crippen LogP contribution < -0.4 is 16.6 Å². The summed E-state index contributed by atoms with van der Waals surface area (Å²) < 4.78 is 2.96. The van der Waals surface area contributed by atoms with Gasteiger partial charge >= 0.3 is 5.69 Å². The Morgan fingerprint density at radius 3 is 2.53 bits per heavy atom. The highest BCUT2D eigenvalue weighted by Gasteiger charge is 2.38. The molecule has 0 saturated heterocycles. The zero-order valence-electron chi connectivity index (χ0n) is 19.6. The number of benzene rings is 1. The minimum absolute atomic E-state index is 0.221. The van der Waals surface area contributed by atoms with Crippen molar-refractivity contribution >= 4 is 0 Å². The van der Waals surface area contributed by atoms with Crippen molar-refractivity contribution in [2.75, 3.05) is 6.54 Å². The van der Waals surface area contributed by atoms with Crippen molar-refractivity contribution in [2.24, 2.45) is 0 Å². The van der Waals surface area contributed by atoms with E-state index in [0.29, 0.717) is 37.7 Å². The van der Waals surface area contributed by atoms with E-state index in [9.17, 15) is 14.9 Å². The first kappa shape index (κ1) is 23.7. The minimum Gasteiger partial charge on any atom is -0.314 e. The molecule has 4 rings (SSSR count). The molecule has 1 aromatic carbocycles. The predicted molar refractivity (Wildman–Crippen MR) is 132 cm³/mol. The fraction of sp³-hybridized carbons (Fsp3) is 0.407. The third-order valence-electron chi connectivity index (χ3n) is 6.80. The van der Waals surface area contributed by atoms with Crippen LogP contribution in [0.5, 0.6) is 0 Å². The summed E-state index contributed by atoms with van der Waals surface area (Å²) in [4.78, 5) is 30.0. The molecule has 1 fully saturated rings. The van der Waals surface area contributed by atoms with Crippen LogP contribution in [0, 0.1) is 18.3 Å². The molecule has 0 bridgehead atoms. The molecule has 176 valence electrons. The first-order valence-corrected chi connectivity index (χ1v) is 11.9. The molecule has 1 saturated carbocycles. The molecule has 0 amide bonds. The van der Waals surface area contributed by atoms with Crippen LogP contribution >= 0.6 is 0 Å². The topological polar surface area (TPSA) is 92.7 Å². The van der Waals surface area contributed by atoms with E-state index in [-0.39, 0.29) is 11.2 Å². The fourth-order valence-corrected chi connectivity index (χ4v) is 4.82. The number of aryl methyl sites for hydroxylation is 1. The van der Waals surface area contributed by atoms with Gasteiger partial charge in [0, 0.05) is 30.5 Å². The third kappa shape index (κ3) is 5.18. The van der Waals surface area contributed by atoms with Crippen LogP contribution in [0.3, 0.4) is 0 Å². The van der Waals surface area contributed by atoms with Gasteiger partial charge in [0.15, 0.2) is 0 Å². The first-order valence-electron chi connectivity index (χ1n) is 11.9. The number of aromatic nitrogens is 3. The van der Waals surface area contributed by atoms with Gasteiger partial charge < -0.3 is 5.32 Å². The number of hydrogen-bond acceptors (Lipinski definition) is 5. The Bertz CT molecular complexity index is 1250. The van der Waals surface area contributed by atoms with E-state index in [4.69, 9.17) is 0 Å². The standard InChI is InChI=1S/C27H31N5O2/c1-21-18-31(19-22-8-3-2-4-9-22)26(34)32(25(21)33)17-7-16-29-23-11-13-27(20-28,14-12-23)24-10-5-6-15-30-24/h2-6,8-10,15,18,23,29H,7,11-14,16-17,19H2,1H3. The first-order chi connectivity index (χ1) is 16.5. The smallest absolute Gasteiger partial charge is 0.314 e. The third-order valence-corrected chi connectivity index (χ3v) is 6.80. The van der Waals surface area contributed by atoms with Gasteiger partial charge in [-0.2, -0.15) is 5.26 Å². The summed E-state index contributed by atoms with van der Waals surface area (Å²) in [5.74, 6) is 0. The van der Waals surface area contributed by atoms with Gasteiger partial charge in [-0.1, -0.05) is 36.4 Å². The van der Waals surface area contributed by atoms with Crippen molar-refractivity contribution in [2.45, 2.75) is 63.6 Å². The number of rotatable bonds is 8. The van der Waals surface area contributed by atoms with E-state index in [1.165, 1.54) is 4.57 Å². The number of nitrogens with zero attached hydrogens (tertiary/aromatic N) is 4. The molecular weight excluding hydrogens is 426 g/mol. The molecular formula is C27H31N5O2. The van der Waals surface area contributed by atoms with Crippen LogP contribution in [-0.4, -0.2) is 26.7 Å². The Kier molecular flexibility index (Phi) is 7.39. The van der Waals surface area contributed by atoms with E-state index in [2.05, 4.69) is 16.4 Å². The summed E-state index contributed by atoms with van der Waals surface area (Å²) in [6.07, 6.45) is 7.44. The Morgan fingerprint density at radius 2 is 1.85 bits per heavy atom. The van der Waals surface area contributed by atoms with Gasteiger partial charge in [-0.15, -0.1) is 0 Å². The van der Waals surface area contributed by atoms with Crippen molar-refractivity contribution < 1.29 is 0 Å². The summed E-state index contributed by atoms with van der Waals surface area (Å²) in [6, 6.07) is 18.4. The zero-order valence-corrected chi connectivity index (χ0v) is 19.6. The molecule has 0 unspecified atom stereocenters. The minimum atomic E-state index is -0.502. The van der Waals surface area contributed by atoms with Crippen molar-refractivity contribution in [1.82, 2.24) is 19.4 Å². The Balaban J connectivity index is 1.33. The van der Waals surface area contributed by atoms with Crippen LogP contribution in [0.1, 0.15) is 48.9 Å². The molecule has 2 heterocycles. The lowest BCUT2D eigenvalue weighted by Gasteiger charge is -2.35. The highest BCUT2D eigenvalue weighted by Crippen LogP contribution is 2.37. The molecule has 0 aliphatic heterocycles. The Morgan fingerprint density at radius 1 is 1.12 bits per heavy atom. The second-order valence-electron chi connectivity index (χ2n) is 9.16.